The van der Waals surface area contributed by atoms with Gasteiger partial charge < -0.3 is 0 Å². The third-order valence-corrected chi connectivity index (χ3v) is 7.76. The van der Waals surface area contributed by atoms with Gasteiger partial charge in [0.15, 0.2) is 12.4 Å². The Morgan fingerprint density at radius 2 is 0.714 bits per heavy atom. The van der Waals surface area contributed by atoms with Crippen LogP contribution in [0, 0.1) is 0 Å². The Bertz CT molecular complexity index is 545. The van der Waals surface area contributed by atoms with Gasteiger partial charge >= 0.3 is 5.79 Å². The summed E-state index contributed by atoms with van der Waals surface area (Å²) >= 11 is 0. The van der Waals surface area contributed by atoms with Gasteiger partial charge in [0.25, 0.3) is 0 Å². The topological polar surface area (TPSA) is 3.88 Å². The van der Waals surface area contributed by atoms with E-state index in [0.717, 1.165) is 12.8 Å². The van der Waals surface area contributed by atoms with E-state index in [2.05, 4.69) is 13.8 Å². The molecule has 1 aromatic rings. The van der Waals surface area contributed by atoms with Crippen LogP contribution in [-0.2, 0) is 5.79 Å². The summed E-state index contributed by atoms with van der Waals surface area (Å²) in [5.74, 6) is -1.21. The summed E-state index contributed by atoms with van der Waals surface area (Å²) in [7, 11) is 0. The van der Waals surface area contributed by atoms with Crippen molar-refractivity contribution in [2.24, 2.45) is 0 Å². The van der Waals surface area contributed by atoms with Gasteiger partial charge in [-0.3, -0.25) is 0 Å². The minimum atomic E-state index is -1.21. The number of rotatable bonds is 26. The molecule has 0 aliphatic rings. The molecule has 0 fully saturated rings. The highest BCUT2D eigenvalue weighted by molar-refractivity contribution is 4.84. The molecule has 1 nitrogen and oxygen atoms in total. The van der Waals surface area contributed by atoms with Gasteiger partial charge in [0.2, 0.25) is 0 Å². The number of nitrogens with zero attached hydrogens (tertiary/aromatic N) is 1. The van der Waals surface area contributed by atoms with Crippen molar-refractivity contribution >= 4 is 0 Å². The summed E-state index contributed by atoms with van der Waals surface area (Å²) in [5.41, 5.74) is 0. The lowest BCUT2D eigenvalue weighted by atomic mass is 9.97. The highest BCUT2D eigenvalue weighted by Crippen LogP contribution is 2.27. The summed E-state index contributed by atoms with van der Waals surface area (Å²) in [6.45, 7) is 4.55. The zero-order valence-corrected chi connectivity index (χ0v) is 23.9. The molecule has 1 unspecified atom stereocenters. The second kappa shape index (κ2) is 23.5. The zero-order valence-electron chi connectivity index (χ0n) is 23.9. The number of hydrogen-bond donors (Lipinski definition) is 0. The van der Waals surface area contributed by atoms with Crippen molar-refractivity contribution in [3.05, 3.63) is 30.6 Å². The zero-order chi connectivity index (χ0) is 25.3. The van der Waals surface area contributed by atoms with Gasteiger partial charge in [-0.2, -0.15) is 8.96 Å². The molecule has 0 radical (unpaired) electrons. The van der Waals surface area contributed by atoms with E-state index in [1.54, 1.807) is 0 Å². The minimum absolute atomic E-state index is 0.661. The Morgan fingerprint density at radius 3 is 1.03 bits per heavy atom. The normalized spacial score (nSPS) is 13.2. The van der Waals surface area contributed by atoms with Gasteiger partial charge in [-0.1, -0.05) is 155 Å². The van der Waals surface area contributed by atoms with Crippen molar-refractivity contribution in [3.8, 4) is 0 Å². The highest BCUT2D eigenvalue weighted by atomic mass is 19.1. The molecule has 0 aliphatic heterocycles. The fourth-order valence-electron chi connectivity index (χ4n) is 5.35. The molecule has 0 saturated carbocycles. The molecule has 0 amide bonds. The number of aromatic nitrogens is 1. The van der Waals surface area contributed by atoms with Crippen LogP contribution in [0.5, 0.6) is 0 Å². The van der Waals surface area contributed by atoms with Gasteiger partial charge in [0, 0.05) is 25.0 Å². The maximum absolute atomic E-state index is 16.0. The van der Waals surface area contributed by atoms with Gasteiger partial charge in [0.1, 0.15) is 0 Å². The predicted molar refractivity (Wildman–Crippen MR) is 152 cm³/mol. The summed E-state index contributed by atoms with van der Waals surface area (Å²) in [5, 5.41) is 0. The Hall–Kier alpha value is -0.920. The maximum Gasteiger partial charge on any atom is 0.308 e. The molecule has 0 saturated heterocycles. The molecule has 0 spiro atoms. The van der Waals surface area contributed by atoms with Crippen molar-refractivity contribution < 1.29 is 8.96 Å². The van der Waals surface area contributed by atoms with Crippen LogP contribution in [-0.4, -0.2) is 0 Å². The first-order valence-electron chi connectivity index (χ1n) is 15.9. The minimum Gasteiger partial charge on any atom is -0.172 e. The predicted octanol–water partition coefficient (Wildman–Crippen LogP) is 11.4. The van der Waals surface area contributed by atoms with E-state index in [1.165, 1.54) is 135 Å². The van der Waals surface area contributed by atoms with E-state index in [0.29, 0.717) is 12.8 Å². The van der Waals surface area contributed by atoms with Crippen LogP contribution in [0.2, 0.25) is 0 Å². The first-order chi connectivity index (χ1) is 17.2. The molecule has 1 atom stereocenters. The number of halogens is 1. The Labute approximate surface area is 219 Å². The van der Waals surface area contributed by atoms with Crippen LogP contribution in [0.4, 0.5) is 4.39 Å². The number of alkyl halides is 1. The van der Waals surface area contributed by atoms with Crippen molar-refractivity contribution in [2.45, 2.75) is 180 Å². The summed E-state index contributed by atoms with van der Waals surface area (Å²) < 4.78 is 17.8. The van der Waals surface area contributed by atoms with Gasteiger partial charge in [-0.05, 0) is 12.8 Å². The molecule has 35 heavy (non-hydrogen) atoms. The third-order valence-electron chi connectivity index (χ3n) is 7.76. The fourth-order valence-corrected chi connectivity index (χ4v) is 5.35. The number of pyridine rings is 1. The SMILES string of the molecule is CCCCCCCCCCCCCCCCCCC(F)(CCCCCCCCC)[n+]1ccccc1. The molecule has 0 aliphatic carbocycles. The Morgan fingerprint density at radius 1 is 0.429 bits per heavy atom. The van der Waals surface area contributed by atoms with Crippen LogP contribution in [0.15, 0.2) is 30.6 Å². The number of unbranched alkanes of at least 4 members (excludes halogenated alkanes) is 21. The van der Waals surface area contributed by atoms with Crippen LogP contribution in [0.3, 0.4) is 0 Å². The second-order valence-electron chi connectivity index (χ2n) is 11.1. The summed E-state index contributed by atoms with van der Waals surface area (Å²) in [6, 6.07) is 5.92. The molecule has 0 aromatic carbocycles. The molecule has 0 bridgehead atoms. The lowest BCUT2D eigenvalue weighted by Gasteiger charge is -2.20. The van der Waals surface area contributed by atoms with E-state index >= 15 is 4.39 Å². The average molecular weight is 491 g/mol. The maximum atomic E-state index is 16.0. The van der Waals surface area contributed by atoms with E-state index in [-0.39, 0.29) is 0 Å². The van der Waals surface area contributed by atoms with E-state index in [9.17, 15) is 0 Å². The highest BCUT2D eigenvalue weighted by Gasteiger charge is 2.38. The molecule has 1 aromatic heterocycles. The standard InChI is InChI=1S/C33H61FN/c1-3-5-7-9-11-12-13-14-15-16-17-18-19-21-23-26-30-33(34,35-31-27-24-28-32-35)29-25-22-20-10-8-6-4-2/h24,27-28,31-32H,3-23,25-26,29-30H2,1-2H3/q+1. The Kier molecular flexibility index (Phi) is 21.5. The lowest BCUT2D eigenvalue weighted by Crippen LogP contribution is -2.52. The quantitative estimate of drug-likeness (QED) is 0.0897. The lowest BCUT2D eigenvalue weighted by molar-refractivity contribution is -0.795. The van der Waals surface area contributed by atoms with Crippen molar-refractivity contribution in [1.29, 1.82) is 0 Å². The molecule has 204 valence electrons. The Balaban J connectivity index is 2.07. The van der Waals surface area contributed by atoms with Crippen LogP contribution in [0.1, 0.15) is 174 Å². The van der Waals surface area contributed by atoms with E-state index in [4.69, 9.17) is 0 Å². The van der Waals surface area contributed by atoms with Gasteiger partial charge in [-0.25, -0.2) is 0 Å². The molecule has 1 rings (SSSR count). The number of hydrogen-bond acceptors (Lipinski definition) is 0. The van der Waals surface area contributed by atoms with Crippen molar-refractivity contribution in [2.75, 3.05) is 0 Å². The van der Waals surface area contributed by atoms with Gasteiger partial charge in [0.05, 0.1) is 0 Å². The summed E-state index contributed by atoms with van der Waals surface area (Å²) in [6.07, 6.45) is 35.7. The largest absolute Gasteiger partial charge is 0.308 e. The first kappa shape index (κ1) is 32.1. The van der Waals surface area contributed by atoms with Crippen LogP contribution < -0.4 is 4.57 Å². The third kappa shape index (κ3) is 18.0. The van der Waals surface area contributed by atoms with E-state index in [1.807, 2.05) is 35.2 Å². The average Bonchev–Trinajstić information content (AvgIpc) is 2.88. The molecular formula is C33H61FN+. The van der Waals surface area contributed by atoms with Crippen molar-refractivity contribution in [3.63, 3.8) is 0 Å². The second-order valence-corrected chi connectivity index (χ2v) is 11.1. The first-order valence-corrected chi connectivity index (χ1v) is 15.9. The van der Waals surface area contributed by atoms with Crippen LogP contribution in [0.25, 0.3) is 0 Å². The van der Waals surface area contributed by atoms with Crippen LogP contribution >= 0.6 is 0 Å². The smallest absolute Gasteiger partial charge is 0.172 e. The fraction of sp³-hybridized carbons (Fsp3) is 0.848. The molecule has 1 heterocycles. The van der Waals surface area contributed by atoms with E-state index < -0.39 is 5.79 Å². The monoisotopic (exact) mass is 490 g/mol. The summed E-state index contributed by atoms with van der Waals surface area (Å²) in [4.78, 5) is 0. The van der Waals surface area contributed by atoms with Gasteiger partial charge in [-0.15, -0.1) is 0 Å². The molecule has 0 N–H and O–H groups in total. The molecule has 2 heteroatoms. The van der Waals surface area contributed by atoms with Crippen molar-refractivity contribution in [1.82, 2.24) is 0 Å². The molecular weight excluding hydrogens is 429 g/mol.